The average Bonchev–Trinajstić information content (AvgIpc) is 2.18. The van der Waals surface area contributed by atoms with Gasteiger partial charge in [-0.2, -0.15) is 0 Å². The van der Waals surface area contributed by atoms with Crippen molar-refractivity contribution < 1.29 is 5.11 Å². The fourth-order valence-corrected chi connectivity index (χ4v) is 1.95. The van der Waals surface area contributed by atoms with Gasteiger partial charge in [0.1, 0.15) is 5.84 Å². The topological polar surface area (TPSA) is 83.0 Å². The van der Waals surface area contributed by atoms with Crippen molar-refractivity contribution in [2.45, 2.75) is 23.6 Å². The zero-order valence-corrected chi connectivity index (χ0v) is 9.42. The number of aromatic nitrogens is 1. The van der Waals surface area contributed by atoms with Crippen LogP contribution in [0.5, 0.6) is 0 Å². The third kappa shape index (κ3) is 3.89. The minimum Gasteiger partial charge on any atom is -0.396 e. The number of hydrogen-bond donors (Lipinski definition) is 3. The monoisotopic (exact) mass is 225 g/mol. The van der Waals surface area contributed by atoms with Crippen LogP contribution in [0, 0.1) is 5.41 Å². The van der Waals surface area contributed by atoms with Crippen molar-refractivity contribution in [2.75, 3.05) is 6.61 Å². The minimum atomic E-state index is 0.0301. The first-order valence-electron chi connectivity index (χ1n) is 4.71. The number of nitrogens with two attached hydrogens (primary N) is 1. The SMILES string of the molecule is CC(CCO)Sc1ccc(C(=N)N)cn1. The van der Waals surface area contributed by atoms with E-state index in [1.165, 1.54) is 0 Å². The van der Waals surface area contributed by atoms with Crippen molar-refractivity contribution in [3.8, 4) is 0 Å². The second-order valence-corrected chi connectivity index (χ2v) is 4.70. The molecule has 1 heterocycles. The molecule has 4 N–H and O–H groups in total. The molecule has 1 rings (SSSR count). The van der Waals surface area contributed by atoms with Crippen molar-refractivity contribution in [1.82, 2.24) is 4.98 Å². The van der Waals surface area contributed by atoms with Gasteiger partial charge in [0.25, 0.3) is 0 Å². The maximum atomic E-state index is 8.75. The molecule has 1 unspecified atom stereocenters. The van der Waals surface area contributed by atoms with E-state index in [0.717, 1.165) is 11.4 Å². The zero-order valence-electron chi connectivity index (χ0n) is 8.60. The van der Waals surface area contributed by atoms with Crippen LogP contribution in [0.2, 0.25) is 0 Å². The Hall–Kier alpha value is -1.07. The molecular formula is C10H15N3OS. The first-order valence-corrected chi connectivity index (χ1v) is 5.59. The van der Waals surface area contributed by atoms with Crippen LogP contribution >= 0.6 is 11.8 Å². The molecular weight excluding hydrogens is 210 g/mol. The van der Waals surface area contributed by atoms with Gasteiger partial charge in [0.15, 0.2) is 0 Å². The Balaban J connectivity index is 2.60. The van der Waals surface area contributed by atoms with Crippen LogP contribution in [0.1, 0.15) is 18.9 Å². The number of rotatable bonds is 5. The maximum absolute atomic E-state index is 8.75. The molecule has 0 aliphatic carbocycles. The summed E-state index contributed by atoms with van der Waals surface area (Å²) in [5, 5.41) is 17.2. The van der Waals surface area contributed by atoms with Crippen molar-refractivity contribution in [1.29, 1.82) is 5.41 Å². The largest absolute Gasteiger partial charge is 0.396 e. The van der Waals surface area contributed by atoms with E-state index in [9.17, 15) is 0 Å². The molecule has 0 saturated heterocycles. The fourth-order valence-electron chi connectivity index (χ4n) is 1.06. The van der Waals surface area contributed by atoms with Crippen molar-refractivity contribution in [3.05, 3.63) is 23.9 Å². The van der Waals surface area contributed by atoms with E-state index in [0.29, 0.717) is 10.8 Å². The van der Waals surface area contributed by atoms with Gasteiger partial charge in [0.2, 0.25) is 0 Å². The normalized spacial score (nSPS) is 12.4. The third-order valence-corrected chi connectivity index (χ3v) is 3.03. The van der Waals surface area contributed by atoms with Gasteiger partial charge < -0.3 is 10.8 Å². The Morgan fingerprint density at radius 3 is 2.87 bits per heavy atom. The molecule has 0 bridgehead atoms. The van der Waals surface area contributed by atoms with Gasteiger partial charge in [0, 0.05) is 23.6 Å². The highest BCUT2D eigenvalue weighted by molar-refractivity contribution is 7.99. The Morgan fingerprint density at radius 2 is 2.40 bits per heavy atom. The molecule has 1 atom stereocenters. The van der Waals surface area contributed by atoms with Gasteiger partial charge >= 0.3 is 0 Å². The van der Waals surface area contributed by atoms with Crippen LogP contribution < -0.4 is 5.73 Å². The summed E-state index contributed by atoms with van der Waals surface area (Å²) in [4.78, 5) is 4.18. The molecule has 0 fully saturated rings. The van der Waals surface area contributed by atoms with Gasteiger partial charge in [-0.05, 0) is 18.6 Å². The van der Waals surface area contributed by atoms with E-state index >= 15 is 0 Å². The van der Waals surface area contributed by atoms with Gasteiger partial charge in [-0.15, -0.1) is 11.8 Å². The number of amidine groups is 1. The summed E-state index contributed by atoms with van der Waals surface area (Å²) in [6.45, 7) is 2.24. The van der Waals surface area contributed by atoms with Gasteiger partial charge in [-0.3, -0.25) is 5.41 Å². The van der Waals surface area contributed by atoms with Crippen LogP contribution in [-0.4, -0.2) is 27.8 Å². The van der Waals surface area contributed by atoms with Crippen molar-refractivity contribution in [3.63, 3.8) is 0 Å². The van der Waals surface area contributed by atoms with E-state index in [2.05, 4.69) is 4.98 Å². The number of aliphatic hydroxyl groups excluding tert-OH is 1. The Bertz CT molecular complexity index is 326. The second-order valence-electron chi connectivity index (χ2n) is 3.24. The van der Waals surface area contributed by atoms with E-state index in [-0.39, 0.29) is 12.4 Å². The van der Waals surface area contributed by atoms with E-state index in [1.807, 2.05) is 13.0 Å². The van der Waals surface area contributed by atoms with Crippen LogP contribution in [0.15, 0.2) is 23.4 Å². The summed E-state index contributed by atoms with van der Waals surface area (Å²) < 4.78 is 0. The number of nitrogen functional groups attached to an aromatic ring is 1. The average molecular weight is 225 g/mol. The highest BCUT2D eigenvalue weighted by Gasteiger charge is 2.05. The molecule has 0 saturated carbocycles. The van der Waals surface area contributed by atoms with Crippen molar-refractivity contribution >= 4 is 17.6 Å². The standard InChI is InChI=1S/C10H15N3OS/c1-7(4-5-14)15-9-3-2-8(6-13-9)10(11)12/h2-3,6-7,14H,4-5H2,1H3,(H3,11,12). The van der Waals surface area contributed by atoms with E-state index in [1.54, 1.807) is 24.0 Å². The lowest BCUT2D eigenvalue weighted by Gasteiger charge is -2.08. The summed E-state index contributed by atoms with van der Waals surface area (Å²) in [5.41, 5.74) is 5.95. The first kappa shape index (κ1) is 12.0. The molecule has 1 aromatic heterocycles. The molecule has 5 heteroatoms. The lowest BCUT2D eigenvalue weighted by molar-refractivity contribution is 0.289. The summed E-state index contributed by atoms with van der Waals surface area (Å²) >= 11 is 1.61. The van der Waals surface area contributed by atoms with E-state index < -0.39 is 0 Å². The molecule has 1 aromatic rings. The van der Waals surface area contributed by atoms with Crippen LogP contribution in [-0.2, 0) is 0 Å². The third-order valence-electron chi connectivity index (χ3n) is 1.90. The summed E-state index contributed by atoms with van der Waals surface area (Å²) in [5.74, 6) is 0.0301. The van der Waals surface area contributed by atoms with Gasteiger partial charge in [0.05, 0.1) is 5.03 Å². The fraction of sp³-hybridized carbons (Fsp3) is 0.400. The Labute approximate surface area is 93.4 Å². The summed E-state index contributed by atoms with van der Waals surface area (Å²) in [6, 6.07) is 3.62. The Morgan fingerprint density at radius 1 is 1.67 bits per heavy atom. The highest BCUT2D eigenvalue weighted by atomic mass is 32.2. The molecule has 0 spiro atoms. The smallest absolute Gasteiger partial charge is 0.124 e. The zero-order chi connectivity index (χ0) is 11.3. The second kappa shape index (κ2) is 5.72. The Kier molecular flexibility index (Phi) is 4.58. The maximum Gasteiger partial charge on any atom is 0.124 e. The van der Waals surface area contributed by atoms with Crippen LogP contribution in [0.25, 0.3) is 0 Å². The number of hydrogen-bond acceptors (Lipinski definition) is 4. The first-order chi connectivity index (χ1) is 7.13. The van der Waals surface area contributed by atoms with Crippen LogP contribution in [0.3, 0.4) is 0 Å². The molecule has 4 nitrogen and oxygen atoms in total. The molecule has 82 valence electrons. The molecule has 0 aliphatic heterocycles. The predicted octanol–water partition coefficient (Wildman–Crippen LogP) is 1.23. The number of thioether (sulfide) groups is 1. The summed E-state index contributed by atoms with van der Waals surface area (Å²) in [7, 11) is 0. The number of aliphatic hydroxyl groups is 1. The molecule has 0 aliphatic rings. The summed E-state index contributed by atoms with van der Waals surface area (Å²) in [6.07, 6.45) is 2.34. The molecule has 0 amide bonds. The van der Waals surface area contributed by atoms with Gasteiger partial charge in [-0.1, -0.05) is 6.92 Å². The predicted molar refractivity (Wildman–Crippen MR) is 62.3 cm³/mol. The molecule has 0 radical (unpaired) electrons. The van der Waals surface area contributed by atoms with Crippen LogP contribution in [0.4, 0.5) is 0 Å². The number of nitrogens with one attached hydrogen (secondary N) is 1. The number of pyridine rings is 1. The quantitative estimate of drug-likeness (QED) is 0.400. The van der Waals surface area contributed by atoms with Gasteiger partial charge in [-0.25, -0.2) is 4.98 Å². The molecule has 0 aromatic carbocycles. The molecule has 15 heavy (non-hydrogen) atoms. The van der Waals surface area contributed by atoms with Crippen molar-refractivity contribution in [2.24, 2.45) is 5.73 Å². The lowest BCUT2D eigenvalue weighted by Crippen LogP contribution is -2.11. The minimum absolute atomic E-state index is 0.0301. The number of nitrogens with zero attached hydrogens (tertiary/aromatic N) is 1. The highest BCUT2D eigenvalue weighted by Crippen LogP contribution is 2.22. The lowest BCUT2D eigenvalue weighted by atomic mass is 10.3. The van der Waals surface area contributed by atoms with E-state index in [4.69, 9.17) is 16.2 Å².